The van der Waals surface area contributed by atoms with Crippen molar-refractivity contribution >= 4 is 11.8 Å². The molecule has 0 unspecified atom stereocenters. The minimum atomic E-state index is -0.320. The van der Waals surface area contributed by atoms with E-state index in [1.54, 1.807) is 19.1 Å². The highest BCUT2D eigenvalue weighted by atomic mass is 16.5. The van der Waals surface area contributed by atoms with Gasteiger partial charge in [-0.05, 0) is 31.2 Å². The third kappa shape index (κ3) is 5.44. The molecule has 0 amide bonds. The summed E-state index contributed by atoms with van der Waals surface area (Å²) in [7, 11) is 0. The Hall–Kier alpha value is -1.72. The van der Waals surface area contributed by atoms with Gasteiger partial charge in [-0.25, -0.2) is 4.79 Å². The minimum absolute atomic E-state index is 0.221. The molecule has 0 N–H and O–H groups in total. The summed E-state index contributed by atoms with van der Waals surface area (Å²) in [4.78, 5) is 28.4. The number of likely N-dealkylation sites (N-methyl/N-ethyl adjacent to an activating group) is 1. The molecule has 5 heteroatoms. The first-order chi connectivity index (χ1) is 11.1. The van der Waals surface area contributed by atoms with Crippen LogP contribution in [-0.4, -0.2) is 67.4 Å². The molecule has 1 fully saturated rings. The molecular weight excluding hydrogens is 292 g/mol. The van der Waals surface area contributed by atoms with Crippen LogP contribution in [0.1, 0.15) is 29.8 Å². The molecule has 2 rings (SSSR count). The first-order valence-corrected chi connectivity index (χ1v) is 8.34. The van der Waals surface area contributed by atoms with Gasteiger partial charge in [0.25, 0.3) is 0 Å². The van der Waals surface area contributed by atoms with Crippen molar-refractivity contribution < 1.29 is 14.3 Å². The predicted molar refractivity (Wildman–Crippen MR) is 89.7 cm³/mol. The number of carbonyl (C=O) groups is 2. The molecule has 1 aromatic rings. The fourth-order valence-corrected chi connectivity index (χ4v) is 2.77. The Labute approximate surface area is 138 Å². The molecule has 0 aliphatic carbocycles. The number of piperazine rings is 1. The maximum absolute atomic E-state index is 12.2. The van der Waals surface area contributed by atoms with Crippen LogP contribution in [0.3, 0.4) is 0 Å². The minimum Gasteiger partial charge on any atom is -0.462 e. The summed E-state index contributed by atoms with van der Waals surface area (Å²) in [6, 6.07) is 7.11. The smallest absolute Gasteiger partial charge is 0.338 e. The number of Topliss-reactive ketones (excluding diaryl/α,β-unsaturated/α-hetero) is 1. The number of ketones is 1. The van der Waals surface area contributed by atoms with Crippen molar-refractivity contribution in [1.29, 1.82) is 0 Å². The maximum atomic E-state index is 12.2. The van der Waals surface area contributed by atoms with Gasteiger partial charge in [-0.15, -0.1) is 0 Å². The number of hydrogen-bond acceptors (Lipinski definition) is 5. The van der Waals surface area contributed by atoms with E-state index in [0.29, 0.717) is 25.1 Å². The van der Waals surface area contributed by atoms with Gasteiger partial charge in [-0.2, -0.15) is 0 Å². The third-order valence-corrected chi connectivity index (χ3v) is 4.18. The Balaban J connectivity index is 1.80. The van der Waals surface area contributed by atoms with Crippen molar-refractivity contribution in [1.82, 2.24) is 9.80 Å². The molecule has 1 saturated heterocycles. The van der Waals surface area contributed by atoms with Crippen LogP contribution in [0.2, 0.25) is 0 Å². The lowest BCUT2D eigenvalue weighted by Crippen LogP contribution is -2.47. The summed E-state index contributed by atoms with van der Waals surface area (Å²) < 4.78 is 4.95. The number of ether oxygens (including phenoxy) is 1. The van der Waals surface area contributed by atoms with E-state index < -0.39 is 0 Å². The van der Waals surface area contributed by atoms with Crippen LogP contribution in [0.25, 0.3) is 0 Å². The second kappa shape index (κ2) is 8.79. The molecule has 0 spiro atoms. The summed E-state index contributed by atoms with van der Waals surface area (Å²) in [5.41, 5.74) is 1.47. The molecule has 0 atom stereocenters. The zero-order valence-corrected chi connectivity index (χ0v) is 14.1. The zero-order valence-electron chi connectivity index (χ0n) is 14.1. The Morgan fingerprint density at radius 3 is 2.17 bits per heavy atom. The van der Waals surface area contributed by atoms with E-state index in [1.807, 2.05) is 12.1 Å². The highest BCUT2D eigenvalue weighted by Gasteiger charge is 2.18. The SMILES string of the molecule is CCOC(=O)c1ccc(CC(=O)CN2CCN(CC)CC2)cc1. The lowest BCUT2D eigenvalue weighted by molar-refractivity contribution is -0.120. The van der Waals surface area contributed by atoms with E-state index >= 15 is 0 Å². The Kier molecular flexibility index (Phi) is 6.74. The van der Waals surface area contributed by atoms with E-state index in [4.69, 9.17) is 4.74 Å². The molecule has 0 radical (unpaired) electrons. The number of benzene rings is 1. The predicted octanol–water partition coefficient (Wildman–Crippen LogP) is 1.61. The summed E-state index contributed by atoms with van der Waals surface area (Å²) in [5.74, 6) is -0.0991. The standard InChI is InChI=1S/C18H26N2O3/c1-3-19-9-11-20(12-10-19)14-17(21)13-15-5-7-16(8-6-15)18(22)23-4-2/h5-8H,3-4,9-14H2,1-2H3. The largest absolute Gasteiger partial charge is 0.462 e. The number of hydrogen-bond donors (Lipinski definition) is 0. The summed E-state index contributed by atoms with van der Waals surface area (Å²) in [6.07, 6.45) is 0.414. The van der Waals surface area contributed by atoms with Crippen molar-refractivity contribution in [2.45, 2.75) is 20.3 Å². The molecule has 1 aliphatic heterocycles. The quantitative estimate of drug-likeness (QED) is 0.715. The first kappa shape index (κ1) is 17.6. The molecule has 0 saturated carbocycles. The number of esters is 1. The summed E-state index contributed by atoms with van der Waals surface area (Å²) in [5, 5.41) is 0. The lowest BCUT2D eigenvalue weighted by Gasteiger charge is -2.33. The third-order valence-electron chi connectivity index (χ3n) is 4.18. The van der Waals surface area contributed by atoms with Gasteiger partial charge in [0.1, 0.15) is 0 Å². The topological polar surface area (TPSA) is 49.9 Å². The molecule has 126 valence electrons. The van der Waals surface area contributed by atoms with Gasteiger partial charge >= 0.3 is 5.97 Å². The molecule has 23 heavy (non-hydrogen) atoms. The molecule has 1 aromatic carbocycles. The van der Waals surface area contributed by atoms with E-state index in [2.05, 4.69) is 16.7 Å². The Bertz CT molecular complexity index is 520. The fourth-order valence-electron chi connectivity index (χ4n) is 2.77. The van der Waals surface area contributed by atoms with Gasteiger partial charge in [0.05, 0.1) is 18.7 Å². The summed E-state index contributed by atoms with van der Waals surface area (Å²) >= 11 is 0. The van der Waals surface area contributed by atoms with Crippen molar-refractivity contribution in [3.63, 3.8) is 0 Å². The molecular formula is C18H26N2O3. The number of carbonyl (C=O) groups excluding carboxylic acids is 2. The highest BCUT2D eigenvalue weighted by Crippen LogP contribution is 2.08. The maximum Gasteiger partial charge on any atom is 0.338 e. The van der Waals surface area contributed by atoms with Crippen LogP contribution in [0.15, 0.2) is 24.3 Å². The van der Waals surface area contributed by atoms with Crippen LogP contribution in [0.5, 0.6) is 0 Å². The highest BCUT2D eigenvalue weighted by molar-refractivity contribution is 5.89. The second-order valence-electron chi connectivity index (χ2n) is 5.84. The van der Waals surface area contributed by atoms with Crippen molar-refractivity contribution in [2.75, 3.05) is 45.9 Å². The molecule has 1 aliphatic rings. The van der Waals surface area contributed by atoms with E-state index in [-0.39, 0.29) is 11.8 Å². The fraction of sp³-hybridized carbons (Fsp3) is 0.556. The van der Waals surface area contributed by atoms with E-state index in [0.717, 1.165) is 38.3 Å². The molecule has 0 bridgehead atoms. The second-order valence-corrected chi connectivity index (χ2v) is 5.84. The van der Waals surface area contributed by atoms with Crippen LogP contribution in [0, 0.1) is 0 Å². The van der Waals surface area contributed by atoms with Gasteiger partial charge in [0, 0.05) is 32.6 Å². The van der Waals surface area contributed by atoms with Crippen LogP contribution < -0.4 is 0 Å². The van der Waals surface area contributed by atoms with Crippen LogP contribution in [0.4, 0.5) is 0 Å². The van der Waals surface area contributed by atoms with Crippen molar-refractivity contribution in [2.24, 2.45) is 0 Å². The average molecular weight is 318 g/mol. The average Bonchev–Trinajstić information content (AvgIpc) is 2.56. The Morgan fingerprint density at radius 1 is 1.00 bits per heavy atom. The van der Waals surface area contributed by atoms with Crippen molar-refractivity contribution in [3.8, 4) is 0 Å². The summed E-state index contributed by atoms with van der Waals surface area (Å²) in [6.45, 7) is 9.90. The molecule has 1 heterocycles. The van der Waals surface area contributed by atoms with Gasteiger partial charge in [0.2, 0.25) is 0 Å². The van der Waals surface area contributed by atoms with Crippen LogP contribution >= 0.6 is 0 Å². The Morgan fingerprint density at radius 2 is 1.61 bits per heavy atom. The van der Waals surface area contributed by atoms with E-state index in [9.17, 15) is 9.59 Å². The van der Waals surface area contributed by atoms with E-state index in [1.165, 1.54) is 0 Å². The number of nitrogens with zero attached hydrogens (tertiary/aromatic N) is 2. The van der Waals surface area contributed by atoms with Gasteiger partial charge in [-0.1, -0.05) is 19.1 Å². The zero-order chi connectivity index (χ0) is 16.7. The van der Waals surface area contributed by atoms with Crippen LogP contribution in [-0.2, 0) is 16.0 Å². The number of rotatable bonds is 7. The van der Waals surface area contributed by atoms with Gasteiger partial charge in [-0.3, -0.25) is 9.69 Å². The monoisotopic (exact) mass is 318 g/mol. The normalized spacial score (nSPS) is 16.3. The molecule has 0 aromatic heterocycles. The van der Waals surface area contributed by atoms with Gasteiger partial charge < -0.3 is 9.64 Å². The van der Waals surface area contributed by atoms with Gasteiger partial charge in [0.15, 0.2) is 5.78 Å². The molecule has 5 nitrogen and oxygen atoms in total. The first-order valence-electron chi connectivity index (χ1n) is 8.34. The lowest BCUT2D eigenvalue weighted by atomic mass is 10.1. The van der Waals surface area contributed by atoms with Crippen molar-refractivity contribution in [3.05, 3.63) is 35.4 Å².